The van der Waals surface area contributed by atoms with Crippen molar-refractivity contribution in [1.82, 2.24) is 15.0 Å². The number of nitrogens with zero attached hydrogens (tertiary/aromatic N) is 4. The van der Waals surface area contributed by atoms with Crippen molar-refractivity contribution in [2.75, 3.05) is 6.61 Å². The molecule has 1 aromatic carbocycles. The van der Waals surface area contributed by atoms with E-state index in [9.17, 15) is 0 Å². The van der Waals surface area contributed by atoms with E-state index >= 15 is 0 Å². The minimum absolute atomic E-state index is 0.0900. The second-order valence-corrected chi connectivity index (χ2v) is 4.07. The van der Waals surface area contributed by atoms with E-state index in [1.54, 1.807) is 24.3 Å². The number of nitriles is 1. The van der Waals surface area contributed by atoms with Gasteiger partial charge in [-0.3, -0.25) is 0 Å². The van der Waals surface area contributed by atoms with Crippen LogP contribution in [0, 0.1) is 11.3 Å². The van der Waals surface area contributed by atoms with Crippen LogP contribution in [0.3, 0.4) is 0 Å². The molecule has 7 heteroatoms. The monoisotopic (exact) mass is 278 g/mol. The molecule has 19 heavy (non-hydrogen) atoms. The van der Waals surface area contributed by atoms with Crippen LogP contribution in [-0.4, -0.2) is 26.7 Å². The van der Waals surface area contributed by atoms with Gasteiger partial charge in [0, 0.05) is 0 Å². The lowest BCUT2D eigenvalue weighted by Crippen LogP contribution is -2.11. The molecule has 1 N–H and O–H groups in total. The fourth-order valence-electron chi connectivity index (χ4n) is 1.54. The van der Waals surface area contributed by atoms with Gasteiger partial charge >= 0.3 is 0 Å². The number of rotatable bonds is 5. The molecule has 6 nitrogen and oxygen atoms in total. The molecule has 0 unspecified atom stereocenters. The summed E-state index contributed by atoms with van der Waals surface area (Å²) >= 11 is 5.97. The zero-order valence-corrected chi connectivity index (χ0v) is 10.7. The molecule has 1 aromatic heterocycles. The number of para-hydroxylation sites is 1. The molecule has 1 heterocycles. The maximum absolute atomic E-state index is 8.94. The topological polar surface area (TPSA) is 84.0 Å². The summed E-state index contributed by atoms with van der Waals surface area (Å²) in [6.45, 7) is 0.281. The molecule has 0 aliphatic carbocycles. The molecular weight excluding hydrogens is 268 g/mol. The van der Waals surface area contributed by atoms with Crippen LogP contribution in [0.25, 0.3) is 0 Å². The Kier molecular flexibility index (Phi) is 4.34. The minimum atomic E-state index is -0.0900. The van der Waals surface area contributed by atoms with Crippen molar-refractivity contribution >= 4 is 11.6 Å². The van der Waals surface area contributed by atoms with E-state index in [2.05, 4.69) is 10.3 Å². The Bertz CT molecular complexity index is 606. The Hall–Kier alpha value is -2.10. The third-order valence-electron chi connectivity index (χ3n) is 2.46. The highest BCUT2D eigenvalue weighted by Gasteiger charge is 2.13. The van der Waals surface area contributed by atoms with Gasteiger partial charge in [0.1, 0.15) is 24.1 Å². The standard InChI is InChI=1S/C12H11ClN4O2/c13-9-3-1-2-4-12(9)19-8-11-10(7-14)15-16-17(11)5-6-18/h1-4,18H,5-6,8H2. The average molecular weight is 279 g/mol. The van der Waals surface area contributed by atoms with E-state index < -0.39 is 0 Å². The van der Waals surface area contributed by atoms with Gasteiger partial charge in [0.05, 0.1) is 18.2 Å². The molecule has 0 atom stereocenters. The zero-order chi connectivity index (χ0) is 13.7. The van der Waals surface area contributed by atoms with Gasteiger partial charge in [0.2, 0.25) is 0 Å². The van der Waals surface area contributed by atoms with Crippen molar-refractivity contribution in [2.24, 2.45) is 0 Å². The Morgan fingerprint density at radius 1 is 1.42 bits per heavy atom. The zero-order valence-electron chi connectivity index (χ0n) is 9.95. The summed E-state index contributed by atoms with van der Waals surface area (Å²) in [5, 5.41) is 25.9. The van der Waals surface area contributed by atoms with Crippen LogP contribution in [-0.2, 0) is 13.2 Å². The Labute approximate surface area is 114 Å². The second kappa shape index (κ2) is 6.18. The first kappa shape index (κ1) is 13.3. The average Bonchev–Trinajstić information content (AvgIpc) is 2.80. The minimum Gasteiger partial charge on any atom is -0.486 e. The maximum atomic E-state index is 8.94. The highest BCUT2D eigenvalue weighted by molar-refractivity contribution is 6.32. The Balaban J connectivity index is 2.17. The van der Waals surface area contributed by atoms with Gasteiger partial charge in [-0.15, -0.1) is 5.10 Å². The van der Waals surface area contributed by atoms with Crippen molar-refractivity contribution in [3.05, 3.63) is 40.7 Å². The molecule has 0 radical (unpaired) electrons. The normalized spacial score (nSPS) is 10.2. The molecule has 0 bridgehead atoms. The molecular formula is C12H11ClN4O2. The summed E-state index contributed by atoms with van der Waals surface area (Å²) in [6, 6.07) is 8.98. The predicted octanol–water partition coefficient (Wildman–Crippen LogP) is 1.37. The first-order chi connectivity index (χ1) is 9.26. The van der Waals surface area contributed by atoms with Gasteiger partial charge in [-0.1, -0.05) is 28.9 Å². The van der Waals surface area contributed by atoms with E-state index in [0.29, 0.717) is 16.5 Å². The van der Waals surface area contributed by atoms with Crippen LogP contribution in [0.15, 0.2) is 24.3 Å². The number of aliphatic hydroxyl groups excluding tert-OH is 1. The maximum Gasteiger partial charge on any atom is 0.189 e. The van der Waals surface area contributed by atoms with Crippen molar-refractivity contribution in [2.45, 2.75) is 13.2 Å². The van der Waals surface area contributed by atoms with Crippen LogP contribution >= 0.6 is 11.6 Å². The molecule has 0 aliphatic heterocycles. The van der Waals surface area contributed by atoms with Crippen molar-refractivity contribution in [1.29, 1.82) is 5.26 Å². The van der Waals surface area contributed by atoms with Gasteiger partial charge in [-0.2, -0.15) is 5.26 Å². The van der Waals surface area contributed by atoms with E-state index in [4.69, 9.17) is 26.7 Å². The third kappa shape index (κ3) is 3.02. The fourth-order valence-corrected chi connectivity index (χ4v) is 1.73. The van der Waals surface area contributed by atoms with Crippen molar-refractivity contribution in [3.8, 4) is 11.8 Å². The summed E-state index contributed by atoms with van der Waals surface area (Å²) in [7, 11) is 0. The number of ether oxygens (including phenoxy) is 1. The van der Waals surface area contributed by atoms with E-state index in [1.807, 2.05) is 6.07 Å². The van der Waals surface area contributed by atoms with Crippen molar-refractivity contribution in [3.63, 3.8) is 0 Å². The number of halogens is 1. The SMILES string of the molecule is N#Cc1nnn(CCO)c1COc1ccccc1Cl. The molecule has 0 fully saturated rings. The number of aromatic nitrogens is 3. The lowest BCUT2D eigenvalue weighted by Gasteiger charge is -2.08. The number of aliphatic hydroxyl groups is 1. The van der Waals surface area contributed by atoms with Crippen LogP contribution in [0.1, 0.15) is 11.4 Å². The van der Waals surface area contributed by atoms with Crippen LogP contribution in [0.5, 0.6) is 5.75 Å². The summed E-state index contributed by atoms with van der Waals surface area (Å²) in [6.07, 6.45) is 0. The Morgan fingerprint density at radius 3 is 2.89 bits per heavy atom. The molecule has 98 valence electrons. The van der Waals surface area contributed by atoms with E-state index in [-0.39, 0.29) is 25.5 Å². The third-order valence-corrected chi connectivity index (χ3v) is 2.77. The molecule has 0 saturated heterocycles. The number of benzene rings is 1. The van der Waals surface area contributed by atoms with Gasteiger partial charge in [-0.25, -0.2) is 4.68 Å². The summed E-state index contributed by atoms with van der Waals surface area (Å²) < 4.78 is 6.99. The molecule has 0 aliphatic rings. The summed E-state index contributed by atoms with van der Waals surface area (Å²) in [4.78, 5) is 0. The van der Waals surface area contributed by atoms with Gasteiger partial charge in [0.25, 0.3) is 0 Å². The van der Waals surface area contributed by atoms with E-state index in [1.165, 1.54) is 4.68 Å². The van der Waals surface area contributed by atoms with Crippen molar-refractivity contribution < 1.29 is 9.84 Å². The van der Waals surface area contributed by atoms with Crippen LogP contribution in [0.2, 0.25) is 5.02 Å². The second-order valence-electron chi connectivity index (χ2n) is 3.66. The molecule has 2 rings (SSSR count). The lowest BCUT2D eigenvalue weighted by atomic mass is 10.3. The molecule has 0 saturated carbocycles. The highest BCUT2D eigenvalue weighted by atomic mass is 35.5. The Morgan fingerprint density at radius 2 is 2.21 bits per heavy atom. The molecule has 2 aromatic rings. The smallest absolute Gasteiger partial charge is 0.189 e. The highest BCUT2D eigenvalue weighted by Crippen LogP contribution is 2.24. The number of hydrogen-bond acceptors (Lipinski definition) is 5. The number of hydrogen-bond donors (Lipinski definition) is 1. The van der Waals surface area contributed by atoms with Crippen LogP contribution < -0.4 is 4.74 Å². The predicted molar refractivity (Wildman–Crippen MR) is 67.6 cm³/mol. The summed E-state index contributed by atoms with van der Waals surface area (Å²) in [5.74, 6) is 0.518. The quantitative estimate of drug-likeness (QED) is 0.893. The van der Waals surface area contributed by atoms with Gasteiger partial charge in [0.15, 0.2) is 5.69 Å². The molecule has 0 spiro atoms. The van der Waals surface area contributed by atoms with Gasteiger partial charge < -0.3 is 9.84 Å². The fraction of sp³-hybridized carbons (Fsp3) is 0.250. The molecule has 0 amide bonds. The van der Waals surface area contributed by atoms with E-state index in [0.717, 1.165) is 0 Å². The lowest BCUT2D eigenvalue weighted by molar-refractivity contribution is 0.252. The summed E-state index contributed by atoms with van der Waals surface area (Å²) in [5.41, 5.74) is 0.692. The van der Waals surface area contributed by atoms with Gasteiger partial charge in [-0.05, 0) is 12.1 Å². The first-order valence-corrected chi connectivity index (χ1v) is 5.94. The van der Waals surface area contributed by atoms with Crippen LogP contribution in [0.4, 0.5) is 0 Å². The first-order valence-electron chi connectivity index (χ1n) is 5.57. The largest absolute Gasteiger partial charge is 0.486 e.